The van der Waals surface area contributed by atoms with E-state index in [2.05, 4.69) is 20.3 Å². The highest BCUT2D eigenvalue weighted by molar-refractivity contribution is 5.68. The van der Waals surface area contributed by atoms with Gasteiger partial charge in [0, 0.05) is 38.2 Å². The van der Waals surface area contributed by atoms with Crippen LogP contribution in [-0.4, -0.2) is 51.2 Å². The molecule has 0 radical (unpaired) electrons. The number of likely N-dealkylation sites (tertiary alicyclic amines) is 1. The first-order valence-corrected chi connectivity index (χ1v) is 11.9. The normalized spacial score (nSPS) is 14.0. The number of aromatic nitrogens is 3. The van der Waals surface area contributed by atoms with E-state index in [4.69, 9.17) is 14.2 Å². The van der Waals surface area contributed by atoms with Gasteiger partial charge in [-0.3, -0.25) is 4.98 Å². The average molecular weight is 496 g/mol. The summed E-state index contributed by atoms with van der Waals surface area (Å²) in [6.45, 7) is 6.81. The molecular weight excluding hydrogens is 465 g/mol. The molecule has 0 saturated carbocycles. The molecule has 0 spiro atoms. The predicted octanol–water partition coefficient (Wildman–Crippen LogP) is 5.03. The third kappa shape index (κ3) is 6.59. The highest BCUT2D eigenvalue weighted by atomic mass is 19.1. The molecule has 1 aliphatic rings. The molecule has 3 heterocycles. The van der Waals surface area contributed by atoms with E-state index >= 15 is 0 Å². The second kappa shape index (κ2) is 11.7. The van der Waals surface area contributed by atoms with Crippen molar-refractivity contribution >= 4 is 17.6 Å². The molecule has 190 valence electrons. The summed E-state index contributed by atoms with van der Waals surface area (Å²) >= 11 is 0. The second-order valence-corrected chi connectivity index (χ2v) is 8.77. The minimum atomic E-state index is -0.477. The Morgan fingerprint density at radius 2 is 1.97 bits per heavy atom. The second-order valence-electron chi connectivity index (χ2n) is 8.77. The maximum absolute atomic E-state index is 14.8. The van der Waals surface area contributed by atoms with Crippen LogP contribution >= 0.6 is 0 Å². The number of hydrogen-bond donors (Lipinski definition) is 1. The Morgan fingerprint density at radius 3 is 2.67 bits per heavy atom. The van der Waals surface area contributed by atoms with E-state index in [1.807, 2.05) is 39.0 Å². The van der Waals surface area contributed by atoms with Crippen LogP contribution in [0.2, 0.25) is 0 Å². The lowest BCUT2D eigenvalue weighted by atomic mass is 10.1. The molecule has 1 fully saturated rings. The number of ether oxygens (including phenoxy) is 3. The first-order chi connectivity index (χ1) is 17.4. The quantitative estimate of drug-likeness (QED) is 0.465. The molecule has 3 aromatic rings. The number of benzene rings is 1. The fourth-order valence-electron chi connectivity index (χ4n) is 3.72. The van der Waals surface area contributed by atoms with Gasteiger partial charge in [0.1, 0.15) is 36.4 Å². The van der Waals surface area contributed by atoms with Crippen LogP contribution in [0.25, 0.3) is 0 Å². The van der Waals surface area contributed by atoms with E-state index in [1.165, 1.54) is 12.4 Å². The van der Waals surface area contributed by atoms with Gasteiger partial charge in [0.2, 0.25) is 5.88 Å². The van der Waals surface area contributed by atoms with E-state index < -0.39 is 5.82 Å². The average Bonchev–Trinajstić information content (AvgIpc) is 2.87. The molecule has 2 aromatic heterocycles. The summed E-state index contributed by atoms with van der Waals surface area (Å²) in [4.78, 5) is 26.5. The fourth-order valence-corrected chi connectivity index (χ4v) is 3.72. The summed E-state index contributed by atoms with van der Waals surface area (Å²) in [7, 11) is 0. The highest BCUT2D eigenvalue weighted by Gasteiger charge is 2.26. The molecule has 0 atom stereocenters. The number of nitrogens with one attached hydrogen (secondary N) is 1. The number of rotatable bonds is 8. The van der Waals surface area contributed by atoms with Gasteiger partial charge in [-0.05, 0) is 45.0 Å². The van der Waals surface area contributed by atoms with Gasteiger partial charge in [-0.15, -0.1) is 0 Å². The van der Waals surface area contributed by atoms with Gasteiger partial charge < -0.3 is 24.4 Å². The zero-order valence-electron chi connectivity index (χ0n) is 20.6. The van der Waals surface area contributed by atoms with Crippen LogP contribution in [0.1, 0.15) is 37.9 Å². The Bertz CT molecular complexity index is 1170. The van der Waals surface area contributed by atoms with Crippen LogP contribution in [0.15, 0.2) is 48.9 Å². The fraction of sp³-hybridized carbons (Fsp3) is 0.385. The van der Waals surface area contributed by atoms with E-state index in [-0.39, 0.29) is 30.6 Å². The van der Waals surface area contributed by atoms with Crippen molar-refractivity contribution in [2.75, 3.05) is 18.4 Å². The zero-order valence-corrected chi connectivity index (χ0v) is 20.6. The SMILES string of the molecule is Cc1c(Nc2ccc(OCc3ccccn3)cc2F)ncnc1OC1CCN(C(=O)OC(C)C)CC1. The number of nitrogens with zero attached hydrogens (tertiary/aromatic N) is 4. The lowest BCUT2D eigenvalue weighted by Gasteiger charge is -2.32. The van der Waals surface area contributed by atoms with Gasteiger partial charge in [-0.25, -0.2) is 19.2 Å². The number of piperidine rings is 1. The molecule has 9 nitrogen and oxygen atoms in total. The largest absolute Gasteiger partial charge is 0.487 e. The van der Waals surface area contributed by atoms with Crippen LogP contribution in [0, 0.1) is 12.7 Å². The van der Waals surface area contributed by atoms with Crippen molar-refractivity contribution < 1.29 is 23.4 Å². The van der Waals surface area contributed by atoms with Crippen molar-refractivity contribution in [2.24, 2.45) is 0 Å². The lowest BCUT2D eigenvalue weighted by molar-refractivity contribution is 0.0505. The van der Waals surface area contributed by atoms with Crippen LogP contribution in [0.3, 0.4) is 0 Å². The van der Waals surface area contributed by atoms with Gasteiger partial charge in [0.25, 0.3) is 0 Å². The van der Waals surface area contributed by atoms with Crippen LogP contribution in [-0.2, 0) is 11.3 Å². The Labute approximate surface area is 209 Å². The number of hydrogen-bond acceptors (Lipinski definition) is 8. The smallest absolute Gasteiger partial charge is 0.410 e. The highest BCUT2D eigenvalue weighted by Crippen LogP contribution is 2.29. The van der Waals surface area contributed by atoms with Crippen molar-refractivity contribution in [1.29, 1.82) is 0 Å². The molecule has 0 aliphatic carbocycles. The van der Waals surface area contributed by atoms with Crippen molar-refractivity contribution in [3.05, 3.63) is 66.0 Å². The first-order valence-electron chi connectivity index (χ1n) is 11.9. The molecule has 1 N–H and O–H groups in total. The number of halogens is 1. The standard InChI is InChI=1S/C26H30FN5O4/c1-17(2)35-26(33)32-12-9-20(10-13-32)36-25-18(3)24(29-16-30-25)31-23-8-7-21(14-22(23)27)34-15-19-6-4-5-11-28-19/h4-8,11,14,16-17,20H,9-10,12-13,15H2,1-3H3,(H,29,30,31). The maximum atomic E-state index is 14.8. The third-order valence-electron chi connectivity index (χ3n) is 5.66. The lowest BCUT2D eigenvalue weighted by Crippen LogP contribution is -2.42. The molecule has 1 amide bonds. The van der Waals surface area contributed by atoms with Gasteiger partial charge >= 0.3 is 6.09 Å². The molecule has 36 heavy (non-hydrogen) atoms. The predicted molar refractivity (Wildman–Crippen MR) is 132 cm³/mol. The minimum Gasteiger partial charge on any atom is -0.487 e. The Morgan fingerprint density at radius 1 is 1.17 bits per heavy atom. The molecule has 10 heteroatoms. The van der Waals surface area contributed by atoms with Crippen molar-refractivity contribution in [1.82, 2.24) is 19.9 Å². The van der Waals surface area contributed by atoms with Crippen LogP contribution < -0.4 is 14.8 Å². The Balaban J connectivity index is 1.35. The molecule has 0 bridgehead atoms. The van der Waals surface area contributed by atoms with Gasteiger partial charge in [0.15, 0.2) is 0 Å². The third-order valence-corrected chi connectivity index (χ3v) is 5.66. The number of anilines is 2. The number of carbonyl (C=O) groups is 1. The zero-order chi connectivity index (χ0) is 25.5. The van der Waals surface area contributed by atoms with E-state index in [1.54, 1.807) is 23.2 Å². The van der Waals surface area contributed by atoms with E-state index in [9.17, 15) is 9.18 Å². The van der Waals surface area contributed by atoms with Crippen LogP contribution in [0.5, 0.6) is 11.6 Å². The Hall–Kier alpha value is -3.95. The molecule has 0 unspecified atom stereocenters. The van der Waals surface area contributed by atoms with Crippen molar-refractivity contribution in [2.45, 2.75) is 52.4 Å². The summed E-state index contributed by atoms with van der Waals surface area (Å²) in [5, 5.41) is 3.02. The van der Waals surface area contributed by atoms with Crippen LogP contribution in [0.4, 0.5) is 20.7 Å². The first kappa shape index (κ1) is 25.2. The van der Waals surface area contributed by atoms with Gasteiger partial charge in [-0.2, -0.15) is 0 Å². The van der Waals surface area contributed by atoms with Gasteiger partial charge in [-0.1, -0.05) is 6.07 Å². The van der Waals surface area contributed by atoms with Crippen molar-refractivity contribution in [3.8, 4) is 11.6 Å². The summed E-state index contributed by atoms with van der Waals surface area (Å²) < 4.78 is 31.8. The molecule has 1 saturated heterocycles. The number of carbonyl (C=O) groups excluding carboxylic acids is 1. The molecular formula is C26H30FN5O4. The summed E-state index contributed by atoms with van der Waals surface area (Å²) in [6.07, 6.45) is 3.83. The molecule has 1 aliphatic heterocycles. The Kier molecular flexibility index (Phi) is 8.14. The van der Waals surface area contributed by atoms with Gasteiger partial charge in [0.05, 0.1) is 23.0 Å². The van der Waals surface area contributed by atoms with Crippen molar-refractivity contribution in [3.63, 3.8) is 0 Å². The monoisotopic (exact) mass is 495 g/mol. The van der Waals surface area contributed by atoms with E-state index in [0.29, 0.717) is 48.9 Å². The summed E-state index contributed by atoms with van der Waals surface area (Å²) in [6, 6.07) is 10.1. The van der Waals surface area contributed by atoms with E-state index in [0.717, 1.165) is 5.69 Å². The molecule has 1 aromatic carbocycles. The molecule has 4 rings (SSSR count). The minimum absolute atomic E-state index is 0.0955. The topological polar surface area (TPSA) is 98.7 Å². The summed E-state index contributed by atoms with van der Waals surface area (Å²) in [5.41, 5.74) is 1.67. The number of pyridine rings is 1. The summed E-state index contributed by atoms with van der Waals surface area (Å²) in [5.74, 6) is 0.788. The maximum Gasteiger partial charge on any atom is 0.410 e. The number of amides is 1.